The quantitative estimate of drug-likeness (QED) is 0.749. The Morgan fingerprint density at radius 2 is 2.54 bits per heavy atom. The van der Waals surface area contributed by atoms with Crippen LogP contribution in [0.15, 0.2) is 22.5 Å². The lowest BCUT2D eigenvalue weighted by Gasteiger charge is -2.30. The van der Waals surface area contributed by atoms with E-state index >= 15 is 0 Å². The fourth-order valence-corrected chi connectivity index (χ4v) is 1.63. The first kappa shape index (κ1) is 8.50. The van der Waals surface area contributed by atoms with Crippen LogP contribution >= 0.6 is 11.9 Å². The predicted octanol–water partition coefficient (Wildman–Crippen LogP) is 1.83. The van der Waals surface area contributed by atoms with Crippen LogP contribution < -0.4 is 5.32 Å². The molecule has 70 valence electrons. The highest BCUT2D eigenvalue weighted by molar-refractivity contribution is 7.96. The van der Waals surface area contributed by atoms with Crippen LogP contribution in [0.4, 0.5) is 5.88 Å². The minimum Gasteiger partial charge on any atom is -0.338 e. The molecule has 2 rings (SSSR count). The number of nitrogens with one attached hydrogen (secondary N) is 1. The second-order valence-electron chi connectivity index (χ2n) is 2.79. The first-order valence-electron chi connectivity index (χ1n) is 4.02. The van der Waals surface area contributed by atoms with Crippen molar-refractivity contribution in [2.45, 2.75) is 6.92 Å². The molecule has 0 fully saturated rings. The van der Waals surface area contributed by atoms with Crippen molar-refractivity contribution >= 4 is 17.8 Å². The lowest BCUT2D eigenvalue weighted by Crippen LogP contribution is -2.29. The third kappa shape index (κ3) is 1.65. The van der Waals surface area contributed by atoms with Crippen molar-refractivity contribution in [3.8, 4) is 0 Å². The number of hydrogen-bond donors (Lipinski definition) is 1. The monoisotopic (exact) mass is 197 g/mol. The molecular formula is C8H11N3OS. The number of rotatable bonds is 3. The number of aryl methyl sites for hydroxylation is 1. The Kier molecular flexibility index (Phi) is 2.18. The minimum absolute atomic E-state index is 0.697. The van der Waals surface area contributed by atoms with E-state index in [1.165, 1.54) is 0 Å². The summed E-state index contributed by atoms with van der Waals surface area (Å²) in [5.74, 6) is 1.77. The van der Waals surface area contributed by atoms with Gasteiger partial charge in [-0.2, -0.15) is 0 Å². The Hall–Kier alpha value is -1.10. The summed E-state index contributed by atoms with van der Waals surface area (Å²) in [4.78, 5) is 0. The van der Waals surface area contributed by atoms with Crippen LogP contribution in [0.5, 0.6) is 0 Å². The van der Waals surface area contributed by atoms with E-state index in [9.17, 15) is 0 Å². The second-order valence-corrected chi connectivity index (χ2v) is 3.60. The first-order valence-corrected chi connectivity index (χ1v) is 5.20. The van der Waals surface area contributed by atoms with Crippen molar-refractivity contribution in [1.82, 2.24) is 9.46 Å². The SMILES string of the molecule is CSN1CC=C1Nc1cc(C)no1. The van der Waals surface area contributed by atoms with Crippen molar-refractivity contribution in [3.05, 3.63) is 23.7 Å². The third-order valence-electron chi connectivity index (χ3n) is 1.82. The van der Waals surface area contributed by atoms with Crippen molar-refractivity contribution < 1.29 is 4.52 Å². The zero-order chi connectivity index (χ0) is 9.26. The fraction of sp³-hybridized carbons (Fsp3) is 0.375. The van der Waals surface area contributed by atoms with Gasteiger partial charge in [0.05, 0.1) is 12.2 Å². The number of nitrogens with zero attached hydrogens (tertiary/aromatic N) is 2. The average Bonchev–Trinajstić information content (AvgIpc) is 2.46. The van der Waals surface area contributed by atoms with Crippen LogP contribution in [0.1, 0.15) is 5.69 Å². The van der Waals surface area contributed by atoms with E-state index in [1.54, 1.807) is 11.9 Å². The van der Waals surface area contributed by atoms with Crippen molar-refractivity contribution in [3.63, 3.8) is 0 Å². The molecule has 0 unspecified atom stereocenters. The number of hydrogen-bond acceptors (Lipinski definition) is 5. The molecule has 0 saturated carbocycles. The lowest BCUT2D eigenvalue weighted by molar-refractivity contribution is 0.424. The summed E-state index contributed by atoms with van der Waals surface area (Å²) >= 11 is 1.69. The van der Waals surface area contributed by atoms with Crippen molar-refractivity contribution in [2.24, 2.45) is 0 Å². The minimum atomic E-state index is 0.697. The van der Waals surface area contributed by atoms with Gasteiger partial charge in [-0.3, -0.25) is 4.31 Å². The maximum Gasteiger partial charge on any atom is 0.230 e. The Labute approximate surface area is 81.1 Å². The molecule has 0 amide bonds. The summed E-state index contributed by atoms with van der Waals surface area (Å²) < 4.78 is 7.16. The predicted molar refractivity (Wildman–Crippen MR) is 53.2 cm³/mol. The molecule has 0 atom stereocenters. The molecule has 0 bridgehead atoms. The van der Waals surface area contributed by atoms with Gasteiger partial charge in [0.2, 0.25) is 5.88 Å². The van der Waals surface area contributed by atoms with E-state index in [0.717, 1.165) is 18.1 Å². The van der Waals surface area contributed by atoms with Gasteiger partial charge < -0.3 is 9.84 Å². The van der Waals surface area contributed by atoms with Gasteiger partial charge in [0, 0.05) is 12.3 Å². The first-order chi connectivity index (χ1) is 6.29. The van der Waals surface area contributed by atoms with E-state index in [2.05, 4.69) is 20.9 Å². The van der Waals surface area contributed by atoms with Crippen LogP contribution in [-0.2, 0) is 0 Å². The van der Waals surface area contributed by atoms with E-state index in [1.807, 2.05) is 19.2 Å². The van der Waals surface area contributed by atoms with Crippen LogP contribution in [0, 0.1) is 6.92 Å². The summed E-state index contributed by atoms with van der Waals surface area (Å²) in [6, 6.07) is 1.87. The van der Waals surface area contributed by atoms with Gasteiger partial charge in [0.15, 0.2) is 0 Å². The topological polar surface area (TPSA) is 41.3 Å². The molecular weight excluding hydrogens is 186 g/mol. The van der Waals surface area contributed by atoms with Gasteiger partial charge in [-0.15, -0.1) is 0 Å². The summed E-state index contributed by atoms with van der Waals surface area (Å²) in [5, 5.41) is 6.93. The molecule has 0 aliphatic carbocycles. The van der Waals surface area contributed by atoms with Crippen LogP contribution in [0.2, 0.25) is 0 Å². The third-order valence-corrected chi connectivity index (χ3v) is 2.61. The molecule has 0 spiro atoms. The lowest BCUT2D eigenvalue weighted by atomic mass is 10.4. The maximum atomic E-state index is 5.03. The Morgan fingerprint density at radius 1 is 1.69 bits per heavy atom. The summed E-state index contributed by atoms with van der Waals surface area (Å²) in [5.41, 5.74) is 0.887. The normalized spacial score (nSPS) is 15.2. The summed E-state index contributed by atoms with van der Waals surface area (Å²) in [7, 11) is 0. The van der Waals surface area contributed by atoms with E-state index in [0.29, 0.717) is 5.88 Å². The van der Waals surface area contributed by atoms with E-state index < -0.39 is 0 Å². The van der Waals surface area contributed by atoms with Gasteiger partial charge in [-0.1, -0.05) is 17.1 Å². The number of aromatic nitrogens is 1. The average molecular weight is 197 g/mol. The largest absolute Gasteiger partial charge is 0.338 e. The molecule has 1 N–H and O–H groups in total. The number of anilines is 1. The summed E-state index contributed by atoms with van der Waals surface area (Å²) in [6.45, 7) is 2.88. The second kappa shape index (κ2) is 3.33. The van der Waals surface area contributed by atoms with Crippen LogP contribution in [0.3, 0.4) is 0 Å². The molecule has 0 aromatic carbocycles. The molecule has 0 radical (unpaired) electrons. The Bertz CT molecular complexity index is 334. The zero-order valence-electron chi connectivity index (χ0n) is 7.57. The fourth-order valence-electron chi connectivity index (χ4n) is 1.09. The van der Waals surface area contributed by atoms with Gasteiger partial charge >= 0.3 is 0 Å². The molecule has 0 saturated heterocycles. The van der Waals surface area contributed by atoms with Gasteiger partial charge in [0.1, 0.15) is 5.82 Å². The molecule has 1 aliphatic heterocycles. The highest BCUT2D eigenvalue weighted by atomic mass is 32.2. The Balaban J connectivity index is 1.99. The van der Waals surface area contributed by atoms with Gasteiger partial charge in [0.25, 0.3) is 0 Å². The Morgan fingerprint density at radius 3 is 3.00 bits per heavy atom. The van der Waals surface area contributed by atoms with Gasteiger partial charge in [-0.25, -0.2) is 0 Å². The standard InChI is InChI=1S/C8H11N3OS/c1-6-5-8(12-10-6)9-7-3-4-11(7)13-2/h3,5,9H,4H2,1-2H3. The van der Waals surface area contributed by atoms with Crippen molar-refractivity contribution in [1.29, 1.82) is 0 Å². The highest BCUT2D eigenvalue weighted by Crippen LogP contribution is 2.24. The zero-order valence-corrected chi connectivity index (χ0v) is 8.39. The smallest absolute Gasteiger partial charge is 0.230 e. The van der Waals surface area contributed by atoms with Gasteiger partial charge in [-0.05, 0) is 13.0 Å². The molecule has 1 aromatic heterocycles. The maximum absolute atomic E-state index is 5.03. The molecule has 13 heavy (non-hydrogen) atoms. The van der Waals surface area contributed by atoms with Crippen LogP contribution in [0.25, 0.3) is 0 Å². The van der Waals surface area contributed by atoms with E-state index in [4.69, 9.17) is 4.52 Å². The van der Waals surface area contributed by atoms with E-state index in [-0.39, 0.29) is 0 Å². The molecule has 1 aliphatic rings. The molecule has 5 heteroatoms. The van der Waals surface area contributed by atoms with Crippen LogP contribution in [-0.4, -0.2) is 22.3 Å². The molecule has 4 nitrogen and oxygen atoms in total. The summed E-state index contributed by atoms with van der Waals surface area (Å²) in [6.07, 6.45) is 4.15. The van der Waals surface area contributed by atoms with Crippen molar-refractivity contribution in [2.75, 3.05) is 18.1 Å². The molecule has 1 aromatic rings. The highest BCUT2D eigenvalue weighted by Gasteiger charge is 2.17. The molecule has 2 heterocycles.